The first-order valence-electron chi connectivity index (χ1n) is 23.6. The minimum Gasteiger partial charge on any atom is -0.459 e. The lowest BCUT2D eigenvalue weighted by Crippen LogP contribution is -2.70. The molecule has 0 bridgehead atoms. The van der Waals surface area contributed by atoms with E-state index >= 15 is 4.79 Å². The van der Waals surface area contributed by atoms with Gasteiger partial charge in [-0.1, -0.05) is 92.2 Å². The maximum atomic E-state index is 15.2. The number of carbonyl (C=O) groups is 2. The monoisotopic (exact) mass is 891 g/mol. The summed E-state index contributed by atoms with van der Waals surface area (Å²) in [6.45, 7) is 5.08. The summed E-state index contributed by atoms with van der Waals surface area (Å²) in [5, 5.41) is 27.5. The molecule has 3 aromatic carbocycles. The van der Waals surface area contributed by atoms with Gasteiger partial charge in [-0.25, -0.2) is 4.79 Å². The van der Waals surface area contributed by atoms with Crippen molar-refractivity contribution in [2.75, 3.05) is 33.7 Å². The van der Waals surface area contributed by atoms with E-state index in [0.717, 1.165) is 67.2 Å². The second kappa shape index (κ2) is 21.7. The zero-order valence-corrected chi connectivity index (χ0v) is 37.7. The number of nitrogens with zero attached hydrogens (tertiary/aromatic N) is 2. The maximum absolute atomic E-state index is 15.2. The molecular formula is C52H65N3O10. The molecule has 2 heterocycles. The van der Waals surface area contributed by atoms with E-state index in [-0.39, 0.29) is 63.2 Å². The minimum atomic E-state index is -1.43. The first-order chi connectivity index (χ1) is 31.8. The van der Waals surface area contributed by atoms with Crippen LogP contribution in [0.25, 0.3) is 0 Å². The molecule has 8 rings (SSSR count). The summed E-state index contributed by atoms with van der Waals surface area (Å²) in [6, 6.07) is 20.3. The number of benzene rings is 3. The number of rotatable bonds is 21. The number of aliphatic hydroxyl groups is 2. The summed E-state index contributed by atoms with van der Waals surface area (Å²) in [4.78, 5) is 36.1. The number of unbranched alkanes of at least 4 members (excludes halogenated alkanes) is 2. The summed E-state index contributed by atoms with van der Waals surface area (Å²) in [6.07, 6.45) is 14.0. The molecule has 0 spiro atoms. The molecule has 13 heteroatoms. The van der Waals surface area contributed by atoms with Gasteiger partial charge in [0.15, 0.2) is 11.5 Å². The predicted molar refractivity (Wildman–Crippen MR) is 246 cm³/mol. The molecule has 65 heavy (non-hydrogen) atoms. The summed E-state index contributed by atoms with van der Waals surface area (Å²) in [5.41, 5.74) is 4.33. The first kappa shape index (κ1) is 46.2. The number of hydrogen-bond donors (Lipinski definition) is 3. The highest BCUT2D eigenvalue weighted by Gasteiger charge is 2.65. The number of hydrogen-bond acceptors (Lipinski definition) is 11. The van der Waals surface area contributed by atoms with Crippen LogP contribution >= 0.6 is 0 Å². The molecule has 2 fully saturated rings. The van der Waals surface area contributed by atoms with E-state index in [1.54, 1.807) is 19.3 Å². The molecule has 5 aliphatic rings. The molecule has 2 amide bonds. The van der Waals surface area contributed by atoms with Gasteiger partial charge in [0.05, 0.1) is 18.2 Å². The van der Waals surface area contributed by atoms with Crippen molar-refractivity contribution in [1.29, 1.82) is 0 Å². The molecule has 3 aromatic rings. The third-order valence-corrected chi connectivity index (χ3v) is 14.1. The van der Waals surface area contributed by atoms with Gasteiger partial charge in [-0.2, -0.15) is 0 Å². The van der Waals surface area contributed by atoms with Crippen LogP contribution in [0.2, 0.25) is 0 Å². The fourth-order valence-electron chi connectivity index (χ4n) is 11.1. The molecule has 348 valence electrons. The Morgan fingerprint density at radius 2 is 1.69 bits per heavy atom. The van der Waals surface area contributed by atoms with E-state index in [1.165, 1.54) is 12.8 Å². The van der Waals surface area contributed by atoms with Crippen LogP contribution in [0.5, 0.6) is 23.0 Å². The van der Waals surface area contributed by atoms with Gasteiger partial charge in [0, 0.05) is 50.6 Å². The van der Waals surface area contributed by atoms with Gasteiger partial charge in [-0.15, -0.1) is 6.58 Å². The van der Waals surface area contributed by atoms with E-state index in [4.69, 9.17) is 33.7 Å². The van der Waals surface area contributed by atoms with E-state index in [2.05, 4.69) is 18.0 Å². The average molecular weight is 892 g/mol. The van der Waals surface area contributed by atoms with Gasteiger partial charge in [-0.3, -0.25) is 4.79 Å². The van der Waals surface area contributed by atoms with Crippen molar-refractivity contribution in [3.8, 4) is 23.0 Å². The van der Waals surface area contributed by atoms with Crippen LogP contribution in [0, 0.1) is 23.7 Å². The number of amides is 2. The third-order valence-electron chi connectivity index (χ3n) is 14.1. The number of allylic oxidation sites excluding steroid dienone is 1. The zero-order valence-electron chi connectivity index (χ0n) is 37.7. The maximum Gasteiger partial charge on any atom is 0.412 e. The van der Waals surface area contributed by atoms with Crippen molar-refractivity contribution in [3.63, 3.8) is 0 Å². The number of fused-ring (bicyclic) bond motifs is 3. The van der Waals surface area contributed by atoms with Crippen molar-refractivity contribution in [3.05, 3.63) is 108 Å². The van der Waals surface area contributed by atoms with Gasteiger partial charge in [0.2, 0.25) is 18.5 Å². The predicted octanol–water partition coefficient (Wildman–Crippen LogP) is 8.97. The molecule has 2 aliphatic heterocycles. The number of nitrogens with one attached hydrogen (secondary N) is 1. The van der Waals surface area contributed by atoms with E-state index in [1.807, 2.05) is 65.6 Å². The van der Waals surface area contributed by atoms with Gasteiger partial charge in [-0.05, 0) is 96.9 Å². The topological polar surface area (TPSA) is 158 Å². The Balaban J connectivity index is 1.26. The second-order valence-electron chi connectivity index (χ2n) is 18.1. The van der Waals surface area contributed by atoms with Crippen LogP contribution in [0.1, 0.15) is 106 Å². The quantitative estimate of drug-likeness (QED) is 0.0536. The van der Waals surface area contributed by atoms with Crippen molar-refractivity contribution < 1.29 is 48.3 Å². The first-order valence-corrected chi connectivity index (χ1v) is 23.6. The third kappa shape index (κ3) is 10.4. The van der Waals surface area contributed by atoms with Crippen LogP contribution in [-0.2, 0) is 27.5 Å². The summed E-state index contributed by atoms with van der Waals surface area (Å²) in [7, 11) is 1.55. The van der Waals surface area contributed by atoms with Crippen LogP contribution < -0.4 is 24.3 Å². The number of aliphatic hydroxyl groups excluding tert-OH is 2. The van der Waals surface area contributed by atoms with Crippen LogP contribution in [-0.4, -0.2) is 78.4 Å². The van der Waals surface area contributed by atoms with Gasteiger partial charge in [0.25, 0.3) is 0 Å². The number of carbonyl (C=O) groups excluding carboxylic acids is 2. The lowest BCUT2D eigenvalue weighted by atomic mass is 9.55. The molecule has 6 atom stereocenters. The van der Waals surface area contributed by atoms with Crippen LogP contribution in [0.3, 0.4) is 0 Å². The molecular weight excluding hydrogens is 827 g/mol. The minimum absolute atomic E-state index is 0.00117. The fourth-order valence-corrected chi connectivity index (χ4v) is 11.1. The highest BCUT2D eigenvalue weighted by atomic mass is 16.7. The largest absolute Gasteiger partial charge is 0.459 e. The van der Waals surface area contributed by atoms with Gasteiger partial charge >= 0.3 is 6.09 Å². The Bertz CT molecular complexity index is 2170. The molecule has 0 unspecified atom stereocenters. The molecule has 0 saturated heterocycles. The summed E-state index contributed by atoms with van der Waals surface area (Å²) in [5.74, 6) is 0.598. The van der Waals surface area contributed by atoms with Crippen molar-refractivity contribution >= 4 is 17.7 Å². The van der Waals surface area contributed by atoms with E-state index in [9.17, 15) is 15.0 Å². The smallest absolute Gasteiger partial charge is 0.412 e. The van der Waals surface area contributed by atoms with E-state index < -0.39 is 23.8 Å². The lowest BCUT2D eigenvalue weighted by Gasteiger charge is -2.60. The van der Waals surface area contributed by atoms with Crippen LogP contribution in [0.15, 0.2) is 96.2 Å². The molecule has 0 radical (unpaired) electrons. The Morgan fingerprint density at radius 3 is 2.46 bits per heavy atom. The standard InChI is InChI=1S/C52H65N3O10/c1-3-27-63-52-47(55(48(58)24-20-35-13-7-8-14-35)33-37-19-22-45-46(28-37)62-34-61-45)31-43(54-60-2)41-29-38(17-9-11-25-56)40(18-10-12-26-57)49(50(41)52)42-30-39(21-23-44(42)65-52)64-51(59)53-32-36-15-5-4-6-16-36/h3-6,15-16,19,21-23,28-30,35,38,40,47,49-50,56-57H,1,7-14,17-18,20,24-27,31-34H2,2H3,(H,53,59)/t38-,40+,47-,49+,50+,52+/m0/s1. The van der Waals surface area contributed by atoms with Crippen molar-refractivity contribution in [2.45, 2.75) is 114 Å². The Morgan fingerprint density at radius 1 is 0.923 bits per heavy atom. The highest BCUT2D eigenvalue weighted by molar-refractivity contribution is 6.03. The Kier molecular flexibility index (Phi) is 15.4. The summed E-state index contributed by atoms with van der Waals surface area (Å²) >= 11 is 0. The lowest BCUT2D eigenvalue weighted by molar-refractivity contribution is -0.258. The molecule has 0 aromatic heterocycles. The Labute approximate surface area is 382 Å². The number of oxime groups is 1. The van der Waals surface area contributed by atoms with Gasteiger partial charge in [0.1, 0.15) is 24.7 Å². The zero-order chi connectivity index (χ0) is 45.2. The molecule has 3 aliphatic carbocycles. The number of ether oxygens (including phenoxy) is 5. The highest BCUT2D eigenvalue weighted by Crippen LogP contribution is 2.62. The average Bonchev–Trinajstić information content (AvgIpc) is 4.03. The summed E-state index contributed by atoms with van der Waals surface area (Å²) < 4.78 is 32.0. The molecule has 3 N–H and O–H groups in total. The van der Waals surface area contributed by atoms with Gasteiger partial charge < -0.3 is 49.0 Å². The van der Waals surface area contributed by atoms with Crippen LogP contribution in [0.4, 0.5) is 4.79 Å². The van der Waals surface area contributed by atoms with E-state index in [0.29, 0.717) is 60.4 Å². The van der Waals surface area contributed by atoms with Crippen molar-refractivity contribution in [1.82, 2.24) is 10.2 Å². The van der Waals surface area contributed by atoms with Crippen molar-refractivity contribution in [2.24, 2.45) is 28.8 Å². The Hall–Kier alpha value is -5.37. The fraction of sp³-hybridized carbons (Fsp3) is 0.519. The SMILES string of the molecule is C=CCO[C@@]12Oc3ccc(OC(=O)NCc4ccccc4)cc3[C@H]3[C@H](CCCCO)[C@@H](CCCCO)C=C(C(=NOC)C[C@@H]1N(Cc1ccc4c(c1)OCO4)C(=O)CCC1CCCC1)[C@H]32. The second-order valence-corrected chi connectivity index (χ2v) is 18.1. The molecule has 13 nitrogen and oxygen atoms in total. The molecule has 2 saturated carbocycles. The normalized spacial score (nSPS) is 24.6.